The van der Waals surface area contributed by atoms with Gasteiger partial charge in [-0.15, -0.1) is 15.6 Å². The molecule has 2 heterocycles. The van der Waals surface area contributed by atoms with Gasteiger partial charge in [0.05, 0.1) is 10.5 Å². The highest BCUT2D eigenvalue weighted by Gasteiger charge is 2.35. The van der Waals surface area contributed by atoms with Gasteiger partial charge >= 0.3 is 6.09 Å². The summed E-state index contributed by atoms with van der Waals surface area (Å²) in [5.41, 5.74) is 7.61. The first-order valence-corrected chi connectivity index (χ1v) is 12.2. The zero-order valence-corrected chi connectivity index (χ0v) is 19.6. The van der Waals surface area contributed by atoms with Gasteiger partial charge in [-0.3, -0.25) is 0 Å². The minimum absolute atomic E-state index is 0.0588. The third kappa shape index (κ3) is 4.87. The number of nitrogen functional groups attached to an aromatic ring is 1. The number of ether oxygens (including phenoxy) is 1. The average Bonchev–Trinajstić information content (AvgIpc) is 3.30. The van der Waals surface area contributed by atoms with Crippen LogP contribution in [0.15, 0.2) is 64.4 Å². The summed E-state index contributed by atoms with van der Waals surface area (Å²) in [4.78, 5) is 18.2. The van der Waals surface area contributed by atoms with Gasteiger partial charge in [0.15, 0.2) is 5.82 Å². The van der Waals surface area contributed by atoms with Crippen molar-refractivity contribution in [1.29, 1.82) is 0 Å². The molecule has 0 unspecified atom stereocenters. The number of rotatable bonds is 6. The number of hydrogen-bond donors (Lipinski definition) is 2. The van der Waals surface area contributed by atoms with E-state index in [1.54, 1.807) is 6.07 Å². The summed E-state index contributed by atoms with van der Waals surface area (Å²) in [7, 11) is -4.94. The fourth-order valence-electron chi connectivity index (χ4n) is 3.07. The number of nitrogens with zero attached hydrogens (tertiary/aromatic N) is 3. The average molecular weight is 539 g/mol. The van der Waals surface area contributed by atoms with Crippen molar-refractivity contribution in [3.05, 3.63) is 76.2 Å². The molecule has 9 nitrogen and oxygen atoms in total. The Kier molecular flexibility index (Phi) is 6.56. The molecule has 4 aromatic rings. The maximum absolute atomic E-state index is 15.0. The zero-order chi connectivity index (χ0) is 25.3. The summed E-state index contributed by atoms with van der Waals surface area (Å²) in [6, 6.07) is 7.96. The number of halogens is 3. The van der Waals surface area contributed by atoms with Crippen molar-refractivity contribution in [2.24, 2.45) is 0 Å². The Hall–Kier alpha value is -3.81. The SMILES string of the molecule is Nc1cc(-c2cc(F)ccc2Oc2cc(F)c(S(=O)(=O)N(C(=O)O)c3cscn3)cc2Cl)ccn1. The molecule has 14 heteroatoms. The first kappa shape index (κ1) is 24.3. The number of anilines is 2. The largest absolute Gasteiger partial charge is 0.464 e. The molecule has 3 N–H and O–H groups in total. The van der Waals surface area contributed by atoms with Crippen LogP contribution < -0.4 is 14.8 Å². The number of nitrogens with two attached hydrogens (primary N) is 1. The second kappa shape index (κ2) is 9.44. The van der Waals surface area contributed by atoms with Gasteiger partial charge in [-0.05, 0) is 42.0 Å². The fraction of sp³-hybridized carbons (Fsp3) is 0. The summed E-state index contributed by atoms with van der Waals surface area (Å²) in [5, 5.41) is 10.2. The molecule has 4 rings (SSSR count). The molecule has 0 saturated carbocycles. The predicted molar refractivity (Wildman–Crippen MR) is 125 cm³/mol. The molecule has 1 amide bonds. The highest BCUT2D eigenvalue weighted by atomic mass is 35.5. The zero-order valence-electron chi connectivity index (χ0n) is 17.2. The first-order valence-electron chi connectivity index (χ1n) is 9.42. The maximum atomic E-state index is 15.0. The number of thiazole rings is 1. The van der Waals surface area contributed by atoms with Gasteiger partial charge in [0, 0.05) is 23.2 Å². The highest BCUT2D eigenvalue weighted by Crippen LogP contribution is 2.39. The van der Waals surface area contributed by atoms with Crippen molar-refractivity contribution >= 4 is 50.7 Å². The van der Waals surface area contributed by atoms with Crippen molar-refractivity contribution in [2.75, 3.05) is 10.0 Å². The number of pyridine rings is 1. The summed E-state index contributed by atoms with van der Waals surface area (Å²) < 4.78 is 60.4. The van der Waals surface area contributed by atoms with Gasteiger partial charge in [0.1, 0.15) is 33.8 Å². The molecule has 2 aromatic heterocycles. The number of carbonyl (C=O) groups is 1. The highest BCUT2D eigenvalue weighted by molar-refractivity contribution is 7.93. The minimum atomic E-state index is -4.94. The van der Waals surface area contributed by atoms with E-state index in [0.29, 0.717) is 11.6 Å². The second-order valence-electron chi connectivity index (χ2n) is 6.82. The molecule has 0 radical (unpaired) electrons. The molecule has 0 spiro atoms. The number of sulfonamides is 1. The molecule has 0 aliphatic heterocycles. The Morgan fingerprint density at radius 1 is 1.11 bits per heavy atom. The minimum Gasteiger partial charge on any atom is -0.464 e. The van der Waals surface area contributed by atoms with E-state index < -0.39 is 38.5 Å². The normalized spacial score (nSPS) is 11.3. The van der Waals surface area contributed by atoms with Crippen LogP contribution in [0.3, 0.4) is 0 Å². The van der Waals surface area contributed by atoms with Crippen LogP contribution in [0.25, 0.3) is 11.1 Å². The van der Waals surface area contributed by atoms with Gasteiger partial charge in [-0.2, -0.15) is 0 Å². The number of aromatic nitrogens is 2. The molecule has 35 heavy (non-hydrogen) atoms. The Morgan fingerprint density at radius 3 is 2.54 bits per heavy atom. The van der Waals surface area contributed by atoms with Gasteiger partial charge in [0.2, 0.25) is 0 Å². The molecular weight excluding hydrogens is 526 g/mol. The van der Waals surface area contributed by atoms with Gasteiger partial charge in [0.25, 0.3) is 10.0 Å². The van der Waals surface area contributed by atoms with Crippen LogP contribution in [0.4, 0.5) is 25.2 Å². The quantitative estimate of drug-likeness (QED) is 0.334. The molecular formula is C21H13ClF2N4O5S2. The number of benzene rings is 2. The fourth-order valence-corrected chi connectivity index (χ4v) is 5.24. The smallest absolute Gasteiger partial charge is 0.427 e. The summed E-state index contributed by atoms with van der Waals surface area (Å²) in [5.74, 6) is -2.41. The Labute approximate surface area is 206 Å². The third-order valence-electron chi connectivity index (χ3n) is 4.56. The van der Waals surface area contributed by atoms with Crippen LogP contribution in [-0.2, 0) is 10.0 Å². The topological polar surface area (TPSA) is 136 Å². The second-order valence-corrected chi connectivity index (χ2v) is 9.70. The van der Waals surface area contributed by atoms with E-state index in [1.807, 2.05) is 0 Å². The van der Waals surface area contributed by atoms with Gasteiger partial charge in [-0.25, -0.2) is 32.0 Å². The van der Waals surface area contributed by atoms with Crippen LogP contribution in [0, 0.1) is 11.6 Å². The van der Waals surface area contributed by atoms with Crippen LogP contribution in [0.5, 0.6) is 11.5 Å². The Balaban J connectivity index is 1.75. The number of carboxylic acid groups (broad SMARTS) is 1. The van der Waals surface area contributed by atoms with Crippen molar-refractivity contribution in [3.8, 4) is 22.6 Å². The van der Waals surface area contributed by atoms with E-state index >= 15 is 0 Å². The van der Waals surface area contributed by atoms with Crippen molar-refractivity contribution in [2.45, 2.75) is 4.90 Å². The molecule has 0 fully saturated rings. The van der Waals surface area contributed by atoms with E-state index in [9.17, 15) is 27.1 Å². The number of amides is 1. The Morgan fingerprint density at radius 2 is 1.89 bits per heavy atom. The lowest BCUT2D eigenvalue weighted by molar-refractivity contribution is 0.206. The molecule has 0 aliphatic carbocycles. The lowest BCUT2D eigenvalue weighted by atomic mass is 10.1. The monoisotopic (exact) mass is 538 g/mol. The lowest BCUT2D eigenvalue weighted by Gasteiger charge is -2.18. The van der Waals surface area contributed by atoms with E-state index in [2.05, 4.69) is 9.97 Å². The third-order valence-corrected chi connectivity index (χ3v) is 7.12. The maximum Gasteiger partial charge on any atom is 0.427 e. The summed E-state index contributed by atoms with van der Waals surface area (Å²) in [6.45, 7) is 0. The first-order chi connectivity index (χ1) is 16.6. The Bertz CT molecular complexity index is 1530. The van der Waals surface area contributed by atoms with Gasteiger partial charge < -0.3 is 15.6 Å². The summed E-state index contributed by atoms with van der Waals surface area (Å²) in [6.07, 6.45) is -0.485. The van der Waals surface area contributed by atoms with Gasteiger partial charge in [-0.1, -0.05) is 11.6 Å². The van der Waals surface area contributed by atoms with Crippen molar-refractivity contribution in [1.82, 2.24) is 9.97 Å². The molecule has 0 aliphatic rings. The van der Waals surface area contributed by atoms with E-state index in [-0.39, 0.29) is 32.2 Å². The number of hydrogen-bond acceptors (Lipinski definition) is 8. The van der Waals surface area contributed by atoms with Crippen LogP contribution in [-0.4, -0.2) is 29.6 Å². The van der Waals surface area contributed by atoms with E-state index in [1.165, 1.54) is 29.2 Å². The lowest BCUT2D eigenvalue weighted by Crippen LogP contribution is -2.36. The van der Waals surface area contributed by atoms with E-state index in [0.717, 1.165) is 29.5 Å². The van der Waals surface area contributed by atoms with Crippen LogP contribution in [0.2, 0.25) is 5.02 Å². The van der Waals surface area contributed by atoms with E-state index in [4.69, 9.17) is 22.1 Å². The summed E-state index contributed by atoms with van der Waals surface area (Å²) >= 11 is 7.13. The molecule has 0 bridgehead atoms. The molecule has 2 aromatic carbocycles. The predicted octanol–water partition coefficient (Wildman–Crippen LogP) is 5.38. The molecule has 0 atom stereocenters. The molecule has 0 saturated heterocycles. The van der Waals surface area contributed by atoms with Crippen LogP contribution >= 0.6 is 22.9 Å². The van der Waals surface area contributed by atoms with Crippen LogP contribution in [0.1, 0.15) is 0 Å². The van der Waals surface area contributed by atoms with Crippen molar-refractivity contribution < 1.29 is 31.8 Å². The standard InChI is InChI=1S/C21H13ClF2N4O5S2/c22-14-7-18(35(31,32)28(21(29)30)20-9-34-10-27-20)15(24)8-17(14)33-16-2-1-12(23)6-13(16)11-3-4-26-19(25)5-11/h1-10H,(H2,25,26)(H,29,30). The molecule has 180 valence electrons. The van der Waals surface area contributed by atoms with Crippen molar-refractivity contribution in [3.63, 3.8) is 0 Å².